The Kier molecular flexibility index (Phi) is 3.57. The summed E-state index contributed by atoms with van der Waals surface area (Å²) in [5.74, 6) is 1.73. The lowest BCUT2D eigenvalue weighted by Crippen LogP contribution is -2.60. The number of nitrogens with zero attached hydrogens (tertiary/aromatic N) is 2. The molecule has 2 rings (SSSR count). The summed E-state index contributed by atoms with van der Waals surface area (Å²) in [5, 5.41) is 0. The maximum atomic E-state index is 5.98. The zero-order chi connectivity index (χ0) is 11.8. The van der Waals surface area contributed by atoms with Crippen LogP contribution in [-0.4, -0.2) is 55.6 Å². The van der Waals surface area contributed by atoms with Crippen LogP contribution in [-0.2, 0) is 0 Å². The monoisotopic (exact) mass is 225 g/mol. The van der Waals surface area contributed by atoms with Gasteiger partial charge in [0.2, 0.25) is 0 Å². The zero-order valence-corrected chi connectivity index (χ0v) is 11.1. The Labute approximate surface area is 100.0 Å². The van der Waals surface area contributed by atoms with Gasteiger partial charge in [0.1, 0.15) is 0 Å². The molecule has 0 bridgehead atoms. The average molecular weight is 225 g/mol. The van der Waals surface area contributed by atoms with Crippen molar-refractivity contribution in [2.45, 2.75) is 31.7 Å². The zero-order valence-electron chi connectivity index (χ0n) is 11.1. The second kappa shape index (κ2) is 4.63. The van der Waals surface area contributed by atoms with Gasteiger partial charge < -0.3 is 10.6 Å². The first-order valence-corrected chi connectivity index (χ1v) is 6.65. The van der Waals surface area contributed by atoms with E-state index in [4.69, 9.17) is 5.73 Å². The van der Waals surface area contributed by atoms with Gasteiger partial charge in [-0.15, -0.1) is 0 Å². The number of rotatable bonds is 4. The highest BCUT2D eigenvalue weighted by Crippen LogP contribution is 2.41. The van der Waals surface area contributed by atoms with Crippen molar-refractivity contribution in [3.8, 4) is 0 Å². The Morgan fingerprint density at radius 2 is 2.12 bits per heavy atom. The van der Waals surface area contributed by atoms with E-state index in [1.54, 1.807) is 0 Å². The van der Waals surface area contributed by atoms with Gasteiger partial charge in [-0.05, 0) is 51.7 Å². The third-order valence-electron chi connectivity index (χ3n) is 4.67. The summed E-state index contributed by atoms with van der Waals surface area (Å²) < 4.78 is 0. The van der Waals surface area contributed by atoms with E-state index >= 15 is 0 Å². The van der Waals surface area contributed by atoms with Gasteiger partial charge in [0.15, 0.2) is 0 Å². The van der Waals surface area contributed by atoms with E-state index in [2.05, 4.69) is 30.8 Å². The fraction of sp³-hybridized carbons (Fsp3) is 1.00. The van der Waals surface area contributed by atoms with Crippen LogP contribution in [0.15, 0.2) is 0 Å². The Balaban J connectivity index is 1.85. The minimum absolute atomic E-state index is 0.334. The van der Waals surface area contributed by atoms with Crippen LogP contribution >= 0.6 is 0 Å². The van der Waals surface area contributed by atoms with Crippen LogP contribution in [0.25, 0.3) is 0 Å². The minimum Gasteiger partial charge on any atom is -0.329 e. The predicted octanol–water partition coefficient (Wildman–Crippen LogP) is 0.997. The first kappa shape index (κ1) is 12.3. The van der Waals surface area contributed by atoms with Gasteiger partial charge in [0, 0.05) is 25.2 Å². The van der Waals surface area contributed by atoms with E-state index in [-0.39, 0.29) is 0 Å². The topological polar surface area (TPSA) is 32.5 Å². The quantitative estimate of drug-likeness (QED) is 0.775. The Hall–Kier alpha value is -0.120. The Morgan fingerprint density at radius 1 is 1.44 bits per heavy atom. The largest absolute Gasteiger partial charge is 0.329 e. The lowest BCUT2D eigenvalue weighted by molar-refractivity contribution is -0.00269. The van der Waals surface area contributed by atoms with Crippen LogP contribution < -0.4 is 5.73 Å². The van der Waals surface area contributed by atoms with Crippen LogP contribution in [0.1, 0.15) is 26.2 Å². The fourth-order valence-corrected chi connectivity index (χ4v) is 3.63. The summed E-state index contributed by atoms with van der Waals surface area (Å²) in [6.07, 6.45) is 3.95. The third-order valence-corrected chi connectivity index (χ3v) is 4.67. The van der Waals surface area contributed by atoms with Crippen molar-refractivity contribution < 1.29 is 0 Å². The van der Waals surface area contributed by atoms with Crippen molar-refractivity contribution in [2.24, 2.45) is 17.6 Å². The number of likely N-dealkylation sites (tertiary alicyclic amines) is 1. The van der Waals surface area contributed by atoms with Crippen LogP contribution in [0.3, 0.4) is 0 Å². The minimum atomic E-state index is 0.334. The fourth-order valence-electron chi connectivity index (χ4n) is 3.63. The maximum Gasteiger partial charge on any atom is 0.0333 e. The summed E-state index contributed by atoms with van der Waals surface area (Å²) in [4.78, 5) is 4.99. The first-order valence-electron chi connectivity index (χ1n) is 6.65. The summed E-state index contributed by atoms with van der Waals surface area (Å²) in [5.41, 5.74) is 6.32. The van der Waals surface area contributed by atoms with Crippen LogP contribution in [0.2, 0.25) is 0 Å². The highest BCUT2D eigenvalue weighted by atomic mass is 15.2. The first-order chi connectivity index (χ1) is 7.55. The molecular formula is C13H27N3. The number of nitrogens with two attached hydrogens (primary N) is 1. The summed E-state index contributed by atoms with van der Waals surface area (Å²) in [6.45, 7) is 6.93. The Bertz CT molecular complexity index is 235. The molecule has 16 heavy (non-hydrogen) atoms. The molecule has 94 valence electrons. The van der Waals surface area contributed by atoms with E-state index in [1.807, 2.05) is 0 Å². The van der Waals surface area contributed by atoms with E-state index in [9.17, 15) is 0 Å². The molecule has 2 aliphatic rings. The average Bonchev–Trinajstić information content (AvgIpc) is 2.58. The van der Waals surface area contributed by atoms with Gasteiger partial charge in [-0.25, -0.2) is 0 Å². The van der Waals surface area contributed by atoms with Crippen molar-refractivity contribution in [1.82, 2.24) is 9.80 Å². The normalized spacial score (nSPS) is 40.3. The highest BCUT2D eigenvalue weighted by molar-refractivity contribution is 5.01. The predicted molar refractivity (Wildman–Crippen MR) is 68.4 cm³/mol. The summed E-state index contributed by atoms with van der Waals surface area (Å²) in [6, 6.07) is 0. The number of likely N-dealkylation sites (N-methyl/N-ethyl adjacent to an activating group) is 1. The highest BCUT2D eigenvalue weighted by Gasteiger charge is 2.44. The molecule has 0 amide bonds. The SMILES string of the molecule is CC1CC(CN)(N(C)CC2CCN(C)C2)C1. The van der Waals surface area contributed by atoms with Gasteiger partial charge in [0.25, 0.3) is 0 Å². The van der Waals surface area contributed by atoms with Crippen LogP contribution in [0, 0.1) is 11.8 Å². The molecule has 1 unspecified atom stereocenters. The van der Waals surface area contributed by atoms with Crippen molar-refractivity contribution in [1.29, 1.82) is 0 Å². The second-order valence-electron chi connectivity index (χ2n) is 6.24. The molecule has 1 saturated heterocycles. The molecule has 0 aromatic carbocycles. The molecular weight excluding hydrogens is 198 g/mol. The molecule has 1 aliphatic heterocycles. The molecule has 3 heteroatoms. The second-order valence-corrected chi connectivity index (χ2v) is 6.24. The smallest absolute Gasteiger partial charge is 0.0333 e. The lowest BCUT2D eigenvalue weighted by atomic mass is 9.68. The number of hydrogen-bond acceptors (Lipinski definition) is 3. The van der Waals surface area contributed by atoms with Gasteiger partial charge in [-0.2, -0.15) is 0 Å². The molecule has 3 nitrogen and oxygen atoms in total. The van der Waals surface area contributed by atoms with Gasteiger partial charge in [-0.1, -0.05) is 6.92 Å². The van der Waals surface area contributed by atoms with Crippen molar-refractivity contribution >= 4 is 0 Å². The van der Waals surface area contributed by atoms with E-state index in [0.29, 0.717) is 5.54 Å². The molecule has 0 radical (unpaired) electrons. The summed E-state index contributed by atoms with van der Waals surface area (Å²) in [7, 11) is 4.50. The van der Waals surface area contributed by atoms with E-state index in [0.717, 1.165) is 18.4 Å². The molecule has 2 fully saturated rings. The Morgan fingerprint density at radius 3 is 2.56 bits per heavy atom. The van der Waals surface area contributed by atoms with Gasteiger partial charge >= 0.3 is 0 Å². The maximum absolute atomic E-state index is 5.98. The molecule has 0 aromatic heterocycles. The lowest BCUT2D eigenvalue weighted by Gasteiger charge is -2.52. The standard InChI is InChI=1S/C13H27N3/c1-11-6-13(7-11,10-14)16(3)9-12-4-5-15(2)8-12/h11-12H,4-10,14H2,1-3H3. The van der Waals surface area contributed by atoms with Gasteiger partial charge in [0.05, 0.1) is 0 Å². The third kappa shape index (κ3) is 2.27. The van der Waals surface area contributed by atoms with E-state index < -0.39 is 0 Å². The molecule has 1 heterocycles. The van der Waals surface area contributed by atoms with E-state index in [1.165, 1.54) is 38.9 Å². The molecule has 0 spiro atoms. The molecule has 1 saturated carbocycles. The molecule has 1 atom stereocenters. The van der Waals surface area contributed by atoms with Crippen LogP contribution in [0.5, 0.6) is 0 Å². The number of hydrogen-bond donors (Lipinski definition) is 1. The molecule has 1 aliphatic carbocycles. The molecule has 0 aromatic rings. The van der Waals surface area contributed by atoms with Crippen molar-refractivity contribution in [3.63, 3.8) is 0 Å². The van der Waals surface area contributed by atoms with Gasteiger partial charge in [-0.3, -0.25) is 4.90 Å². The van der Waals surface area contributed by atoms with Crippen molar-refractivity contribution in [2.75, 3.05) is 40.3 Å². The molecule has 2 N–H and O–H groups in total. The van der Waals surface area contributed by atoms with Crippen LogP contribution in [0.4, 0.5) is 0 Å². The van der Waals surface area contributed by atoms with Crippen molar-refractivity contribution in [3.05, 3.63) is 0 Å². The summed E-state index contributed by atoms with van der Waals surface area (Å²) >= 11 is 0.